The van der Waals surface area contributed by atoms with Gasteiger partial charge in [0.1, 0.15) is 0 Å². The number of amides is 1. The second kappa shape index (κ2) is 7.22. The zero-order valence-electron chi connectivity index (χ0n) is 10.7. The molecule has 3 nitrogen and oxygen atoms in total. The SMILES string of the molecule is O=C(Nc1ccc(C#CCCO)cc1)C1CCSC1. The molecule has 0 bridgehead atoms. The molecule has 0 saturated carbocycles. The van der Waals surface area contributed by atoms with Crippen LogP contribution in [0.25, 0.3) is 0 Å². The van der Waals surface area contributed by atoms with Crippen LogP contribution in [-0.4, -0.2) is 29.1 Å². The summed E-state index contributed by atoms with van der Waals surface area (Å²) in [5.74, 6) is 8.09. The van der Waals surface area contributed by atoms with Crippen molar-refractivity contribution in [2.24, 2.45) is 5.92 Å². The van der Waals surface area contributed by atoms with Gasteiger partial charge in [0.25, 0.3) is 0 Å². The maximum absolute atomic E-state index is 11.9. The van der Waals surface area contributed by atoms with E-state index in [9.17, 15) is 4.79 Å². The number of anilines is 1. The first-order chi connectivity index (χ1) is 9.29. The van der Waals surface area contributed by atoms with E-state index in [-0.39, 0.29) is 18.4 Å². The van der Waals surface area contributed by atoms with E-state index >= 15 is 0 Å². The fraction of sp³-hybridized carbons (Fsp3) is 0.400. The van der Waals surface area contributed by atoms with Crippen LogP contribution in [0.5, 0.6) is 0 Å². The quantitative estimate of drug-likeness (QED) is 0.831. The molecule has 1 aromatic rings. The van der Waals surface area contributed by atoms with Gasteiger partial charge in [0.05, 0.1) is 6.61 Å². The standard InChI is InChI=1S/C15H17NO2S/c17-9-2-1-3-12-4-6-14(7-5-12)16-15(18)13-8-10-19-11-13/h4-7,13,17H,2,8-11H2,(H,16,18). The molecule has 0 aromatic heterocycles. The van der Waals surface area contributed by atoms with Crippen molar-refractivity contribution in [1.82, 2.24) is 0 Å². The predicted octanol–water partition coefficient (Wildman–Crippen LogP) is 2.11. The molecule has 0 spiro atoms. The van der Waals surface area contributed by atoms with Gasteiger partial charge in [-0.25, -0.2) is 0 Å². The smallest absolute Gasteiger partial charge is 0.228 e. The van der Waals surface area contributed by atoms with Crippen molar-refractivity contribution in [2.75, 3.05) is 23.4 Å². The van der Waals surface area contributed by atoms with Crippen LogP contribution in [0, 0.1) is 17.8 Å². The van der Waals surface area contributed by atoms with Crippen molar-refractivity contribution in [3.8, 4) is 11.8 Å². The molecule has 1 unspecified atom stereocenters. The first-order valence-corrected chi connectivity index (χ1v) is 7.53. The molecule has 100 valence electrons. The Morgan fingerprint density at radius 3 is 2.84 bits per heavy atom. The Morgan fingerprint density at radius 2 is 2.21 bits per heavy atom. The monoisotopic (exact) mass is 275 g/mol. The Hall–Kier alpha value is -1.44. The number of nitrogens with one attached hydrogen (secondary N) is 1. The van der Waals surface area contributed by atoms with E-state index in [1.54, 1.807) is 0 Å². The first kappa shape index (κ1) is 14.0. The average molecular weight is 275 g/mol. The molecule has 0 radical (unpaired) electrons. The number of carbonyl (C=O) groups is 1. The molecule has 1 heterocycles. The summed E-state index contributed by atoms with van der Waals surface area (Å²) in [6.07, 6.45) is 1.46. The molecular formula is C15H17NO2S. The minimum absolute atomic E-state index is 0.0839. The number of hydrogen-bond acceptors (Lipinski definition) is 3. The van der Waals surface area contributed by atoms with E-state index < -0.39 is 0 Å². The summed E-state index contributed by atoms with van der Waals surface area (Å²) >= 11 is 1.84. The third-order valence-corrected chi connectivity index (χ3v) is 4.08. The number of thioether (sulfide) groups is 1. The summed E-state index contributed by atoms with van der Waals surface area (Å²) < 4.78 is 0. The zero-order valence-corrected chi connectivity index (χ0v) is 11.5. The normalized spacial score (nSPS) is 17.6. The highest BCUT2D eigenvalue weighted by atomic mass is 32.2. The summed E-state index contributed by atoms with van der Waals surface area (Å²) in [4.78, 5) is 11.9. The third-order valence-electron chi connectivity index (χ3n) is 2.92. The van der Waals surface area contributed by atoms with Crippen molar-refractivity contribution in [1.29, 1.82) is 0 Å². The van der Waals surface area contributed by atoms with Crippen molar-refractivity contribution in [3.63, 3.8) is 0 Å². The van der Waals surface area contributed by atoms with Gasteiger partial charge < -0.3 is 10.4 Å². The number of benzene rings is 1. The van der Waals surface area contributed by atoms with Crippen molar-refractivity contribution in [2.45, 2.75) is 12.8 Å². The molecule has 19 heavy (non-hydrogen) atoms. The van der Waals surface area contributed by atoms with Crippen LogP contribution in [-0.2, 0) is 4.79 Å². The largest absolute Gasteiger partial charge is 0.395 e. The van der Waals surface area contributed by atoms with Crippen LogP contribution in [0.3, 0.4) is 0 Å². The number of hydrogen-bond donors (Lipinski definition) is 2. The van der Waals surface area contributed by atoms with Crippen LogP contribution in [0.2, 0.25) is 0 Å². The lowest BCUT2D eigenvalue weighted by molar-refractivity contribution is -0.119. The van der Waals surface area contributed by atoms with E-state index in [0.717, 1.165) is 29.2 Å². The third kappa shape index (κ3) is 4.30. The van der Waals surface area contributed by atoms with Crippen molar-refractivity contribution >= 4 is 23.4 Å². The Kier molecular flexibility index (Phi) is 5.31. The summed E-state index contributed by atoms with van der Waals surface area (Å²) in [7, 11) is 0. The second-order valence-electron chi connectivity index (χ2n) is 4.40. The molecule has 2 rings (SSSR count). The van der Waals surface area contributed by atoms with Crippen LogP contribution < -0.4 is 5.32 Å². The summed E-state index contributed by atoms with van der Waals surface area (Å²) in [5, 5.41) is 11.6. The first-order valence-electron chi connectivity index (χ1n) is 6.38. The molecule has 0 aliphatic carbocycles. The highest BCUT2D eigenvalue weighted by Crippen LogP contribution is 2.24. The Balaban J connectivity index is 1.91. The van der Waals surface area contributed by atoms with Crippen LogP contribution >= 0.6 is 11.8 Å². The predicted molar refractivity (Wildman–Crippen MR) is 79.1 cm³/mol. The van der Waals surface area contributed by atoms with Gasteiger partial charge in [0.2, 0.25) is 5.91 Å². The molecule has 1 aliphatic heterocycles. The average Bonchev–Trinajstić information content (AvgIpc) is 2.95. The molecule has 2 N–H and O–H groups in total. The lowest BCUT2D eigenvalue weighted by Crippen LogP contribution is -2.22. The fourth-order valence-corrected chi connectivity index (χ4v) is 3.06. The van der Waals surface area contributed by atoms with E-state index in [1.165, 1.54) is 0 Å². The number of aliphatic hydroxyl groups is 1. The molecule has 1 aliphatic rings. The molecule has 1 aromatic carbocycles. The van der Waals surface area contributed by atoms with E-state index in [0.29, 0.717) is 6.42 Å². The Bertz CT molecular complexity index is 481. The Morgan fingerprint density at radius 1 is 1.42 bits per heavy atom. The van der Waals surface area contributed by atoms with Crippen molar-refractivity contribution < 1.29 is 9.90 Å². The topological polar surface area (TPSA) is 49.3 Å². The maximum atomic E-state index is 11.9. The summed E-state index contributed by atoms with van der Waals surface area (Å²) in [6, 6.07) is 7.48. The number of aliphatic hydroxyl groups excluding tert-OH is 1. The van der Waals surface area contributed by atoms with Gasteiger partial charge in [-0.3, -0.25) is 4.79 Å². The summed E-state index contributed by atoms with van der Waals surface area (Å²) in [5.41, 5.74) is 1.71. The molecule has 1 saturated heterocycles. The minimum atomic E-state index is 0.0839. The second-order valence-corrected chi connectivity index (χ2v) is 5.55. The van der Waals surface area contributed by atoms with Crippen molar-refractivity contribution in [3.05, 3.63) is 29.8 Å². The summed E-state index contributed by atoms with van der Waals surface area (Å²) in [6.45, 7) is 0.0839. The maximum Gasteiger partial charge on any atom is 0.228 e. The van der Waals surface area contributed by atoms with Gasteiger partial charge in [0.15, 0.2) is 0 Å². The molecule has 1 atom stereocenters. The van der Waals surface area contributed by atoms with E-state index in [2.05, 4.69) is 17.2 Å². The zero-order chi connectivity index (χ0) is 13.5. The molecular weight excluding hydrogens is 258 g/mol. The van der Waals surface area contributed by atoms with Crippen LogP contribution in [0.15, 0.2) is 24.3 Å². The van der Waals surface area contributed by atoms with Gasteiger partial charge in [-0.15, -0.1) is 0 Å². The molecule has 1 fully saturated rings. The van der Waals surface area contributed by atoms with E-state index in [1.807, 2.05) is 36.0 Å². The van der Waals surface area contributed by atoms with Gasteiger partial charge in [-0.05, 0) is 36.4 Å². The van der Waals surface area contributed by atoms with Crippen LogP contribution in [0.1, 0.15) is 18.4 Å². The van der Waals surface area contributed by atoms with Gasteiger partial charge in [-0.1, -0.05) is 11.8 Å². The fourth-order valence-electron chi connectivity index (χ4n) is 1.84. The highest BCUT2D eigenvalue weighted by molar-refractivity contribution is 7.99. The lowest BCUT2D eigenvalue weighted by Gasteiger charge is -2.09. The number of carbonyl (C=O) groups excluding carboxylic acids is 1. The molecule has 4 heteroatoms. The van der Waals surface area contributed by atoms with Gasteiger partial charge >= 0.3 is 0 Å². The highest BCUT2D eigenvalue weighted by Gasteiger charge is 2.22. The lowest BCUT2D eigenvalue weighted by atomic mass is 10.1. The Labute approximate surface area is 117 Å². The minimum Gasteiger partial charge on any atom is -0.395 e. The van der Waals surface area contributed by atoms with E-state index in [4.69, 9.17) is 5.11 Å². The van der Waals surface area contributed by atoms with Gasteiger partial charge in [0, 0.05) is 29.3 Å². The van der Waals surface area contributed by atoms with Crippen LogP contribution in [0.4, 0.5) is 5.69 Å². The molecule has 1 amide bonds. The van der Waals surface area contributed by atoms with Gasteiger partial charge in [-0.2, -0.15) is 11.8 Å². The number of rotatable bonds is 3.